The van der Waals surface area contributed by atoms with E-state index in [2.05, 4.69) is 9.44 Å². The molecule has 0 aliphatic rings. The van der Waals surface area contributed by atoms with Gasteiger partial charge in [0.2, 0.25) is 20.0 Å². The van der Waals surface area contributed by atoms with E-state index in [9.17, 15) is 16.8 Å². The number of rotatable bonds is 8. The highest BCUT2D eigenvalue weighted by Crippen LogP contribution is 1.86. The lowest BCUT2D eigenvalue weighted by Gasteiger charge is -2.05. The summed E-state index contributed by atoms with van der Waals surface area (Å²) in [6, 6.07) is 0. The monoisotopic (exact) mass is 258 g/mol. The van der Waals surface area contributed by atoms with Crippen molar-refractivity contribution in [3.63, 3.8) is 0 Å². The molecule has 0 bridgehead atoms. The van der Waals surface area contributed by atoms with Gasteiger partial charge in [0, 0.05) is 13.1 Å². The van der Waals surface area contributed by atoms with Gasteiger partial charge in [0.15, 0.2) is 0 Å². The summed E-state index contributed by atoms with van der Waals surface area (Å²) in [5.41, 5.74) is 0. The van der Waals surface area contributed by atoms with Crippen LogP contribution in [0, 0.1) is 0 Å². The summed E-state index contributed by atoms with van der Waals surface area (Å²) in [5, 5.41) is 0. The normalized spacial score (nSPS) is 12.9. The van der Waals surface area contributed by atoms with Gasteiger partial charge in [0.1, 0.15) is 0 Å². The summed E-state index contributed by atoms with van der Waals surface area (Å²) < 4.78 is 48.6. The van der Waals surface area contributed by atoms with E-state index in [1.54, 1.807) is 13.8 Å². The van der Waals surface area contributed by atoms with Crippen molar-refractivity contribution in [3.8, 4) is 0 Å². The first-order valence-electron chi connectivity index (χ1n) is 4.77. The average molecular weight is 258 g/mol. The maximum absolute atomic E-state index is 11.0. The zero-order valence-electron chi connectivity index (χ0n) is 8.99. The van der Waals surface area contributed by atoms with Crippen molar-refractivity contribution in [2.75, 3.05) is 24.6 Å². The van der Waals surface area contributed by atoms with Crippen LogP contribution in [-0.2, 0) is 20.0 Å². The molecular weight excluding hydrogens is 240 g/mol. The average Bonchev–Trinajstić information content (AvgIpc) is 2.17. The number of sulfonamides is 2. The molecule has 0 spiro atoms. The molecule has 0 radical (unpaired) electrons. The molecule has 0 aromatic rings. The van der Waals surface area contributed by atoms with Crippen molar-refractivity contribution < 1.29 is 16.8 Å². The number of nitrogens with one attached hydrogen (secondary N) is 2. The van der Waals surface area contributed by atoms with E-state index in [-0.39, 0.29) is 24.6 Å². The second kappa shape index (κ2) is 6.41. The summed E-state index contributed by atoms with van der Waals surface area (Å²) in [6.45, 7) is 3.59. The van der Waals surface area contributed by atoms with Gasteiger partial charge >= 0.3 is 0 Å². The Bertz CT molecular complexity index is 324. The van der Waals surface area contributed by atoms with Gasteiger partial charge < -0.3 is 0 Å². The van der Waals surface area contributed by atoms with Crippen LogP contribution in [0.25, 0.3) is 0 Å². The zero-order chi connectivity index (χ0) is 11.9. The van der Waals surface area contributed by atoms with Crippen LogP contribution >= 0.6 is 0 Å². The molecule has 0 fully saturated rings. The third-order valence-electron chi connectivity index (χ3n) is 1.76. The lowest BCUT2D eigenvalue weighted by atomic mass is 10.4. The smallest absolute Gasteiger partial charge is 0.211 e. The minimum atomic E-state index is -3.17. The van der Waals surface area contributed by atoms with Crippen molar-refractivity contribution in [2.24, 2.45) is 0 Å². The van der Waals surface area contributed by atoms with Crippen LogP contribution in [0.1, 0.15) is 20.3 Å². The molecule has 0 aliphatic carbocycles. The fourth-order valence-electron chi connectivity index (χ4n) is 0.748. The molecule has 8 heteroatoms. The Morgan fingerprint density at radius 2 is 1.13 bits per heavy atom. The molecule has 0 heterocycles. The van der Waals surface area contributed by atoms with Gasteiger partial charge in [0.05, 0.1) is 11.5 Å². The first kappa shape index (κ1) is 14.8. The van der Waals surface area contributed by atoms with Crippen molar-refractivity contribution in [1.29, 1.82) is 0 Å². The quantitative estimate of drug-likeness (QED) is 0.561. The Balaban J connectivity index is 3.66. The fourth-order valence-corrected chi connectivity index (χ4v) is 2.07. The van der Waals surface area contributed by atoms with Crippen LogP contribution in [-0.4, -0.2) is 41.4 Å². The first-order valence-corrected chi connectivity index (χ1v) is 8.08. The first-order chi connectivity index (χ1) is 6.83. The summed E-state index contributed by atoms with van der Waals surface area (Å²) in [4.78, 5) is 0. The molecule has 0 rings (SSSR count). The van der Waals surface area contributed by atoms with Crippen LogP contribution in [0.3, 0.4) is 0 Å². The minimum absolute atomic E-state index is 0.0354. The summed E-state index contributed by atoms with van der Waals surface area (Å²) in [7, 11) is -6.34. The molecule has 0 aromatic heterocycles. The molecule has 15 heavy (non-hydrogen) atoms. The molecular formula is C7H18N2O4S2. The highest BCUT2D eigenvalue weighted by molar-refractivity contribution is 7.89. The predicted octanol–water partition coefficient (Wildman–Crippen LogP) is -0.745. The SMILES string of the molecule is CCS(=O)(=O)NCCCNS(=O)(=O)CC. The molecule has 0 aliphatic heterocycles. The van der Waals surface area contributed by atoms with Gasteiger partial charge in [-0.2, -0.15) is 0 Å². The van der Waals surface area contributed by atoms with E-state index < -0.39 is 20.0 Å². The zero-order valence-corrected chi connectivity index (χ0v) is 10.6. The van der Waals surface area contributed by atoms with Crippen LogP contribution < -0.4 is 9.44 Å². The van der Waals surface area contributed by atoms with Crippen LogP contribution in [0.4, 0.5) is 0 Å². The van der Waals surface area contributed by atoms with E-state index in [0.717, 1.165) is 0 Å². The summed E-state index contributed by atoms with van der Waals surface area (Å²) in [5.74, 6) is 0.0708. The van der Waals surface area contributed by atoms with Crippen LogP contribution in [0.15, 0.2) is 0 Å². The minimum Gasteiger partial charge on any atom is -0.215 e. The molecule has 0 saturated carbocycles. The summed E-state index contributed by atoms with van der Waals surface area (Å²) >= 11 is 0. The molecule has 0 amide bonds. The third kappa shape index (κ3) is 7.71. The molecule has 92 valence electrons. The molecule has 2 N–H and O–H groups in total. The third-order valence-corrected chi connectivity index (χ3v) is 4.57. The lowest BCUT2D eigenvalue weighted by Crippen LogP contribution is -2.31. The van der Waals surface area contributed by atoms with Gasteiger partial charge in [-0.05, 0) is 20.3 Å². The molecule has 0 unspecified atom stereocenters. The van der Waals surface area contributed by atoms with E-state index >= 15 is 0 Å². The second-order valence-corrected chi connectivity index (χ2v) is 7.14. The Morgan fingerprint density at radius 3 is 1.40 bits per heavy atom. The fraction of sp³-hybridized carbons (Fsp3) is 1.00. The highest BCUT2D eigenvalue weighted by atomic mass is 32.2. The molecule has 0 aromatic carbocycles. The topological polar surface area (TPSA) is 92.3 Å². The Morgan fingerprint density at radius 1 is 0.800 bits per heavy atom. The molecule has 0 saturated heterocycles. The van der Waals surface area contributed by atoms with Gasteiger partial charge in [0.25, 0.3) is 0 Å². The van der Waals surface area contributed by atoms with E-state index in [4.69, 9.17) is 0 Å². The van der Waals surface area contributed by atoms with E-state index in [1.165, 1.54) is 0 Å². The number of hydrogen-bond acceptors (Lipinski definition) is 4. The van der Waals surface area contributed by atoms with Crippen LogP contribution in [0.2, 0.25) is 0 Å². The van der Waals surface area contributed by atoms with Gasteiger partial charge in [-0.3, -0.25) is 0 Å². The van der Waals surface area contributed by atoms with Crippen molar-refractivity contribution in [2.45, 2.75) is 20.3 Å². The highest BCUT2D eigenvalue weighted by Gasteiger charge is 2.06. The second-order valence-electron chi connectivity index (χ2n) is 2.95. The maximum Gasteiger partial charge on any atom is 0.211 e. The van der Waals surface area contributed by atoms with Gasteiger partial charge in [-0.15, -0.1) is 0 Å². The standard InChI is InChI=1S/C7H18N2O4S2/c1-3-14(10,11)8-6-5-7-9-15(12,13)4-2/h8-9H,3-7H2,1-2H3. The van der Waals surface area contributed by atoms with Gasteiger partial charge in [-0.25, -0.2) is 26.3 Å². The summed E-state index contributed by atoms with van der Waals surface area (Å²) in [6.07, 6.45) is 0.443. The van der Waals surface area contributed by atoms with Crippen LogP contribution in [0.5, 0.6) is 0 Å². The molecule has 0 atom stereocenters. The van der Waals surface area contributed by atoms with Crippen molar-refractivity contribution >= 4 is 20.0 Å². The maximum atomic E-state index is 11.0. The van der Waals surface area contributed by atoms with E-state index in [1.807, 2.05) is 0 Å². The van der Waals surface area contributed by atoms with Gasteiger partial charge in [-0.1, -0.05) is 0 Å². The van der Waals surface area contributed by atoms with Crippen molar-refractivity contribution in [1.82, 2.24) is 9.44 Å². The van der Waals surface area contributed by atoms with Crippen molar-refractivity contribution in [3.05, 3.63) is 0 Å². The Labute approximate surface area is 91.6 Å². The predicted molar refractivity (Wildman–Crippen MR) is 59.5 cm³/mol. The Hall–Kier alpha value is -0.180. The van der Waals surface area contributed by atoms with E-state index in [0.29, 0.717) is 6.42 Å². The Kier molecular flexibility index (Phi) is 6.34. The lowest BCUT2D eigenvalue weighted by molar-refractivity contribution is 0.573. The number of hydrogen-bond donors (Lipinski definition) is 2. The molecule has 6 nitrogen and oxygen atoms in total. The largest absolute Gasteiger partial charge is 0.215 e.